The Kier molecular flexibility index (Phi) is 4.75. The lowest BCUT2D eigenvalue weighted by molar-refractivity contribution is 0.360. The van der Waals surface area contributed by atoms with Gasteiger partial charge in [0.15, 0.2) is 17.3 Å². The highest BCUT2D eigenvalue weighted by Crippen LogP contribution is 2.42. The number of aromatic nitrogens is 1. The first-order valence-corrected chi connectivity index (χ1v) is 10.3. The second-order valence-corrected chi connectivity index (χ2v) is 7.89. The molecule has 0 aliphatic carbocycles. The lowest BCUT2D eigenvalue weighted by Crippen LogP contribution is -2.28. The molecule has 30 heavy (non-hydrogen) atoms. The van der Waals surface area contributed by atoms with Crippen molar-refractivity contribution >= 4 is 28.6 Å². The standard InChI is InChI=1S/C23H24N4O3/c1-13-3-4-15-18(26-27-23(15)25-13)12-20-21(28)16-5-6-19(29-2)17(22(16)30-20)11-14-7-9-24-10-8-14/h3-6,12,14,24,28H,7-11H2,1-2H3. The summed E-state index contributed by atoms with van der Waals surface area (Å²) in [5, 5.41) is 23.3. The molecule has 1 fully saturated rings. The number of benzene rings is 1. The average Bonchev–Trinajstić information content (AvgIpc) is 3.30. The van der Waals surface area contributed by atoms with Crippen molar-refractivity contribution in [2.45, 2.75) is 26.2 Å². The Morgan fingerprint density at radius 3 is 2.83 bits per heavy atom. The minimum Gasteiger partial charge on any atom is -0.504 e. The number of methoxy groups -OCH3 is 1. The Morgan fingerprint density at radius 1 is 1.20 bits per heavy atom. The molecule has 2 aliphatic rings. The molecule has 0 spiro atoms. The monoisotopic (exact) mass is 404 g/mol. The summed E-state index contributed by atoms with van der Waals surface area (Å²) in [6, 6.07) is 7.61. The van der Waals surface area contributed by atoms with Gasteiger partial charge in [-0.05, 0) is 69.5 Å². The molecule has 3 aromatic rings. The first-order chi connectivity index (χ1) is 14.6. The Labute approximate surface area is 174 Å². The van der Waals surface area contributed by atoms with Gasteiger partial charge in [-0.1, -0.05) is 0 Å². The van der Waals surface area contributed by atoms with Crippen LogP contribution in [-0.4, -0.2) is 30.3 Å². The van der Waals surface area contributed by atoms with Crippen LogP contribution in [0.5, 0.6) is 11.5 Å². The van der Waals surface area contributed by atoms with Gasteiger partial charge in [-0.2, -0.15) is 0 Å². The molecular formula is C23H24N4O3. The van der Waals surface area contributed by atoms with Gasteiger partial charge in [-0.15, -0.1) is 10.2 Å². The topological polar surface area (TPSA) is 92.2 Å². The van der Waals surface area contributed by atoms with Crippen LogP contribution in [-0.2, 0) is 6.42 Å². The summed E-state index contributed by atoms with van der Waals surface area (Å²) >= 11 is 0. The van der Waals surface area contributed by atoms with Crippen molar-refractivity contribution in [1.82, 2.24) is 10.3 Å². The van der Waals surface area contributed by atoms with Gasteiger partial charge in [0.1, 0.15) is 17.0 Å². The van der Waals surface area contributed by atoms with Crippen LogP contribution in [0.2, 0.25) is 0 Å². The van der Waals surface area contributed by atoms with Gasteiger partial charge in [-0.3, -0.25) is 0 Å². The van der Waals surface area contributed by atoms with E-state index in [9.17, 15) is 5.11 Å². The number of furan rings is 1. The van der Waals surface area contributed by atoms with Crippen LogP contribution in [0.15, 0.2) is 38.9 Å². The van der Waals surface area contributed by atoms with Gasteiger partial charge in [0, 0.05) is 22.9 Å². The van der Waals surface area contributed by atoms with Crippen molar-refractivity contribution in [3.8, 4) is 11.5 Å². The maximum atomic E-state index is 10.9. The number of nitrogens with one attached hydrogen (secondary N) is 1. The van der Waals surface area contributed by atoms with Gasteiger partial charge in [0.2, 0.25) is 0 Å². The van der Waals surface area contributed by atoms with Crippen molar-refractivity contribution in [1.29, 1.82) is 0 Å². The zero-order chi connectivity index (χ0) is 20.7. The molecule has 0 unspecified atom stereocenters. The van der Waals surface area contributed by atoms with Crippen molar-refractivity contribution < 1.29 is 14.3 Å². The van der Waals surface area contributed by atoms with Gasteiger partial charge in [0.05, 0.1) is 12.5 Å². The molecule has 2 aliphatic heterocycles. The zero-order valence-electron chi connectivity index (χ0n) is 17.1. The molecule has 0 saturated carbocycles. The van der Waals surface area contributed by atoms with Gasteiger partial charge >= 0.3 is 0 Å². The van der Waals surface area contributed by atoms with Crippen LogP contribution in [0.3, 0.4) is 0 Å². The number of hydrogen-bond acceptors (Lipinski definition) is 7. The number of piperidine rings is 1. The summed E-state index contributed by atoms with van der Waals surface area (Å²) in [6.45, 7) is 3.98. The van der Waals surface area contributed by atoms with Gasteiger partial charge in [0.25, 0.3) is 0 Å². The second kappa shape index (κ2) is 7.57. The van der Waals surface area contributed by atoms with Crippen molar-refractivity contribution in [2.75, 3.05) is 20.2 Å². The number of ether oxygens (including phenoxy) is 1. The van der Waals surface area contributed by atoms with Crippen molar-refractivity contribution in [3.63, 3.8) is 0 Å². The Bertz CT molecular complexity index is 1170. The van der Waals surface area contributed by atoms with E-state index < -0.39 is 0 Å². The van der Waals surface area contributed by atoms with E-state index in [0.717, 1.165) is 54.9 Å². The smallest absolute Gasteiger partial charge is 0.184 e. The average molecular weight is 404 g/mol. The molecule has 1 saturated heterocycles. The molecule has 0 bridgehead atoms. The molecule has 4 heterocycles. The van der Waals surface area contributed by atoms with Crippen LogP contribution in [0, 0.1) is 12.8 Å². The number of rotatable bonds is 4. The molecule has 0 radical (unpaired) electrons. The molecule has 1 aromatic carbocycles. The van der Waals surface area contributed by atoms with E-state index in [4.69, 9.17) is 9.15 Å². The van der Waals surface area contributed by atoms with E-state index in [0.29, 0.717) is 34.2 Å². The summed E-state index contributed by atoms with van der Waals surface area (Å²) in [4.78, 5) is 4.40. The Hall–Kier alpha value is -3.19. The summed E-state index contributed by atoms with van der Waals surface area (Å²) in [6.07, 6.45) is 4.82. The van der Waals surface area contributed by atoms with E-state index >= 15 is 0 Å². The number of nitrogens with zero attached hydrogens (tertiary/aromatic N) is 3. The summed E-state index contributed by atoms with van der Waals surface area (Å²) in [5.41, 5.74) is 4.02. The maximum absolute atomic E-state index is 10.9. The van der Waals surface area contributed by atoms with E-state index in [1.165, 1.54) is 0 Å². The van der Waals surface area contributed by atoms with Gasteiger partial charge < -0.3 is 19.6 Å². The minimum atomic E-state index is 0.107. The maximum Gasteiger partial charge on any atom is 0.184 e. The van der Waals surface area contributed by atoms with E-state index in [1.807, 2.05) is 31.2 Å². The second-order valence-electron chi connectivity index (χ2n) is 7.89. The third-order valence-corrected chi connectivity index (χ3v) is 5.90. The normalized spacial score (nSPS) is 17.7. The molecule has 0 amide bonds. The van der Waals surface area contributed by atoms with Gasteiger partial charge in [-0.25, -0.2) is 4.98 Å². The quantitative estimate of drug-likeness (QED) is 0.639. The van der Waals surface area contributed by atoms with E-state index in [1.54, 1.807) is 13.2 Å². The molecule has 2 N–H and O–H groups in total. The molecule has 7 nitrogen and oxygen atoms in total. The zero-order valence-corrected chi connectivity index (χ0v) is 17.1. The Balaban J connectivity index is 1.57. The van der Waals surface area contributed by atoms with Crippen LogP contribution >= 0.6 is 0 Å². The minimum absolute atomic E-state index is 0.107. The molecule has 7 heteroatoms. The fraction of sp³-hybridized carbons (Fsp3) is 0.348. The third kappa shape index (κ3) is 3.25. The SMILES string of the molecule is COc1ccc2c(O)c(C=C3N=Nc4nc(C)ccc43)oc2c1CC1CCNCC1. The highest BCUT2D eigenvalue weighted by Gasteiger charge is 2.24. The number of pyridine rings is 1. The molecule has 2 aromatic heterocycles. The predicted octanol–water partition coefficient (Wildman–Crippen LogP) is 4.99. The van der Waals surface area contributed by atoms with E-state index in [2.05, 4.69) is 20.5 Å². The summed E-state index contributed by atoms with van der Waals surface area (Å²) in [5.74, 6) is 2.41. The summed E-state index contributed by atoms with van der Waals surface area (Å²) in [7, 11) is 1.67. The number of azo groups is 1. The first kappa shape index (κ1) is 18.8. The fourth-order valence-corrected chi connectivity index (χ4v) is 4.27. The van der Waals surface area contributed by atoms with Crippen LogP contribution < -0.4 is 10.1 Å². The third-order valence-electron chi connectivity index (χ3n) is 5.90. The number of aromatic hydroxyl groups is 1. The molecular weight excluding hydrogens is 380 g/mol. The number of fused-ring (bicyclic) bond motifs is 2. The van der Waals surface area contributed by atoms with Crippen molar-refractivity contribution in [2.24, 2.45) is 16.1 Å². The van der Waals surface area contributed by atoms with Crippen LogP contribution in [0.25, 0.3) is 22.7 Å². The predicted molar refractivity (Wildman–Crippen MR) is 115 cm³/mol. The number of hydrogen-bond donors (Lipinski definition) is 2. The molecule has 5 rings (SSSR count). The van der Waals surface area contributed by atoms with Crippen molar-refractivity contribution in [3.05, 3.63) is 46.8 Å². The summed E-state index contributed by atoms with van der Waals surface area (Å²) < 4.78 is 11.8. The number of aryl methyl sites for hydroxylation is 1. The molecule has 154 valence electrons. The largest absolute Gasteiger partial charge is 0.504 e. The van der Waals surface area contributed by atoms with E-state index in [-0.39, 0.29) is 5.75 Å². The highest BCUT2D eigenvalue weighted by atomic mass is 16.5. The van der Waals surface area contributed by atoms with Crippen LogP contribution in [0.1, 0.15) is 35.4 Å². The fourth-order valence-electron chi connectivity index (χ4n) is 4.27. The Morgan fingerprint density at radius 2 is 2.03 bits per heavy atom. The lowest BCUT2D eigenvalue weighted by Gasteiger charge is -2.23. The highest BCUT2D eigenvalue weighted by molar-refractivity contribution is 5.95. The first-order valence-electron chi connectivity index (χ1n) is 10.3. The molecule has 0 atom stereocenters. The lowest BCUT2D eigenvalue weighted by atomic mass is 9.90. The van der Waals surface area contributed by atoms with Crippen LogP contribution in [0.4, 0.5) is 5.82 Å².